The van der Waals surface area contributed by atoms with E-state index in [-0.39, 0.29) is 11.5 Å². The van der Waals surface area contributed by atoms with E-state index in [0.717, 1.165) is 48.5 Å². The van der Waals surface area contributed by atoms with Crippen molar-refractivity contribution >= 4 is 33.4 Å². The average Bonchev–Trinajstić information content (AvgIpc) is 3.08. The maximum atomic E-state index is 13.4. The normalized spacial score (nSPS) is 17.4. The van der Waals surface area contributed by atoms with E-state index in [1.807, 2.05) is 16.4 Å². The molecule has 27 heavy (non-hydrogen) atoms. The van der Waals surface area contributed by atoms with Crippen LogP contribution in [0.1, 0.15) is 50.0 Å². The lowest BCUT2D eigenvalue weighted by Crippen LogP contribution is -2.50. The minimum Gasteiger partial charge on any atom is -0.339 e. The Morgan fingerprint density at radius 2 is 1.85 bits per heavy atom. The summed E-state index contributed by atoms with van der Waals surface area (Å²) in [7, 11) is 0. The molecule has 1 amide bonds. The molecule has 146 valence electrons. The number of aromatic nitrogens is 2. The second kappa shape index (κ2) is 7.62. The first-order valence-corrected chi connectivity index (χ1v) is 11.0. The third kappa shape index (κ3) is 3.26. The van der Waals surface area contributed by atoms with Crippen molar-refractivity contribution in [2.45, 2.75) is 58.9 Å². The zero-order valence-electron chi connectivity index (χ0n) is 16.3. The molecule has 0 radical (unpaired) electrons. The van der Waals surface area contributed by atoms with Gasteiger partial charge in [-0.3, -0.25) is 14.2 Å². The molecule has 6 nitrogen and oxygen atoms in total. The molecule has 1 fully saturated rings. The van der Waals surface area contributed by atoms with Crippen LogP contribution in [0.25, 0.3) is 10.2 Å². The monoisotopic (exact) mass is 388 g/mol. The Bertz CT molecular complexity index is 909. The Morgan fingerprint density at radius 1 is 1.11 bits per heavy atom. The van der Waals surface area contributed by atoms with E-state index in [0.29, 0.717) is 26.1 Å². The number of fused-ring (bicyclic) bond motifs is 3. The van der Waals surface area contributed by atoms with Gasteiger partial charge in [0.15, 0.2) is 0 Å². The lowest BCUT2D eigenvalue weighted by atomic mass is 9.97. The molecule has 0 N–H and O–H groups in total. The van der Waals surface area contributed by atoms with Crippen LogP contribution in [0.3, 0.4) is 0 Å². The van der Waals surface area contributed by atoms with E-state index >= 15 is 0 Å². The molecule has 0 aromatic carbocycles. The minimum absolute atomic E-state index is 0.128. The lowest BCUT2D eigenvalue weighted by molar-refractivity contribution is -0.131. The van der Waals surface area contributed by atoms with E-state index in [4.69, 9.17) is 4.98 Å². The van der Waals surface area contributed by atoms with Gasteiger partial charge in [-0.05, 0) is 37.7 Å². The standard InChI is InChI=1S/C20H28N4O2S/c1-3-9-24-19(26)17-14-7-5-6-8-15(14)27-18(17)21-20(24)23-12-10-22(11-13-23)16(25)4-2/h3-13H2,1-2H3. The first-order valence-electron chi connectivity index (χ1n) is 10.2. The second-order valence-corrected chi connectivity index (χ2v) is 8.56. The van der Waals surface area contributed by atoms with E-state index < -0.39 is 0 Å². The molecule has 1 aliphatic heterocycles. The van der Waals surface area contributed by atoms with Gasteiger partial charge in [0.1, 0.15) is 4.83 Å². The largest absolute Gasteiger partial charge is 0.339 e. The van der Waals surface area contributed by atoms with Gasteiger partial charge < -0.3 is 9.80 Å². The molecule has 1 saturated heterocycles. The molecule has 0 saturated carbocycles. The zero-order valence-corrected chi connectivity index (χ0v) is 17.1. The van der Waals surface area contributed by atoms with Crippen LogP contribution in [-0.2, 0) is 24.2 Å². The highest BCUT2D eigenvalue weighted by molar-refractivity contribution is 7.18. The van der Waals surface area contributed by atoms with E-state index in [2.05, 4.69) is 11.8 Å². The van der Waals surface area contributed by atoms with Crippen molar-refractivity contribution in [1.29, 1.82) is 0 Å². The summed E-state index contributed by atoms with van der Waals surface area (Å²) in [5.41, 5.74) is 1.39. The van der Waals surface area contributed by atoms with Crippen LogP contribution in [0.15, 0.2) is 4.79 Å². The van der Waals surface area contributed by atoms with Gasteiger partial charge in [0, 0.05) is 44.0 Å². The summed E-state index contributed by atoms with van der Waals surface area (Å²) in [4.78, 5) is 36.7. The number of anilines is 1. The summed E-state index contributed by atoms with van der Waals surface area (Å²) in [6.07, 6.45) is 5.92. The van der Waals surface area contributed by atoms with E-state index in [1.165, 1.54) is 23.3 Å². The van der Waals surface area contributed by atoms with Gasteiger partial charge in [0.2, 0.25) is 11.9 Å². The maximum Gasteiger partial charge on any atom is 0.263 e. The van der Waals surface area contributed by atoms with Crippen molar-refractivity contribution < 1.29 is 4.79 Å². The summed E-state index contributed by atoms with van der Waals surface area (Å²) >= 11 is 1.71. The second-order valence-electron chi connectivity index (χ2n) is 7.48. The van der Waals surface area contributed by atoms with E-state index in [1.54, 1.807) is 11.3 Å². The molecule has 1 aliphatic carbocycles. The molecule has 7 heteroatoms. The van der Waals surface area contributed by atoms with Crippen molar-refractivity contribution in [3.8, 4) is 0 Å². The number of thiophene rings is 1. The van der Waals surface area contributed by atoms with Crippen molar-refractivity contribution in [2.24, 2.45) is 0 Å². The number of piperazine rings is 1. The van der Waals surface area contributed by atoms with Crippen LogP contribution in [-0.4, -0.2) is 46.5 Å². The third-order valence-electron chi connectivity index (χ3n) is 5.72. The van der Waals surface area contributed by atoms with Gasteiger partial charge in [-0.15, -0.1) is 11.3 Å². The number of carbonyl (C=O) groups is 1. The number of hydrogen-bond acceptors (Lipinski definition) is 5. The van der Waals surface area contributed by atoms with Crippen molar-refractivity contribution in [3.05, 3.63) is 20.8 Å². The Balaban J connectivity index is 1.73. The highest BCUT2D eigenvalue weighted by Gasteiger charge is 2.26. The fraction of sp³-hybridized carbons (Fsp3) is 0.650. The topological polar surface area (TPSA) is 58.4 Å². The smallest absolute Gasteiger partial charge is 0.263 e. The van der Waals surface area contributed by atoms with Crippen LogP contribution in [0.2, 0.25) is 0 Å². The average molecular weight is 389 g/mol. The van der Waals surface area contributed by atoms with E-state index in [9.17, 15) is 9.59 Å². The minimum atomic E-state index is 0.128. The van der Waals surface area contributed by atoms with Gasteiger partial charge >= 0.3 is 0 Å². The maximum absolute atomic E-state index is 13.4. The molecule has 2 aromatic rings. The number of rotatable bonds is 4. The quantitative estimate of drug-likeness (QED) is 0.808. The number of amides is 1. The van der Waals surface area contributed by atoms with Gasteiger partial charge in [0.25, 0.3) is 5.56 Å². The Hall–Kier alpha value is -1.89. The number of carbonyl (C=O) groups excluding carboxylic acids is 1. The molecule has 0 spiro atoms. The van der Waals surface area contributed by atoms with Crippen molar-refractivity contribution in [2.75, 3.05) is 31.1 Å². The van der Waals surface area contributed by atoms with Gasteiger partial charge in [-0.25, -0.2) is 4.98 Å². The Labute approximate surface area is 163 Å². The molecular weight excluding hydrogens is 360 g/mol. The highest BCUT2D eigenvalue weighted by atomic mass is 32.1. The summed E-state index contributed by atoms with van der Waals surface area (Å²) in [5, 5.41) is 0.867. The van der Waals surface area contributed by atoms with Crippen LogP contribution in [0, 0.1) is 0 Å². The molecule has 2 aromatic heterocycles. The third-order valence-corrected chi connectivity index (χ3v) is 6.91. The van der Waals surface area contributed by atoms with Crippen LogP contribution in [0.4, 0.5) is 5.95 Å². The fourth-order valence-corrected chi connectivity index (χ4v) is 5.52. The molecule has 2 aliphatic rings. The van der Waals surface area contributed by atoms with Crippen molar-refractivity contribution in [3.63, 3.8) is 0 Å². The highest BCUT2D eigenvalue weighted by Crippen LogP contribution is 2.34. The Kier molecular flexibility index (Phi) is 5.21. The molecule has 0 bridgehead atoms. The van der Waals surface area contributed by atoms with Crippen LogP contribution in [0.5, 0.6) is 0 Å². The first kappa shape index (κ1) is 18.5. The molecule has 4 rings (SSSR count). The number of aryl methyl sites for hydroxylation is 2. The summed E-state index contributed by atoms with van der Waals surface area (Å²) in [5.74, 6) is 0.992. The number of hydrogen-bond donors (Lipinski definition) is 0. The lowest BCUT2D eigenvalue weighted by Gasteiger charge is -2.36. The summed E-state index contributed by atoms with van der Waals surface area (Å²) in [6.45, 7) is 7.57. The fourth-order valence-electron chi connectivity index (χ4n) is 4.27. The molecule has 3 heterocycles. The molecule has 0 unspecified atom stereocenters. The van der Waals surface area contributed by atoms with Crippen molar-refractivity contribution in [1.82, 2.24) is 14.5 Å². The SMILES string of the molecule is CCCn1c(N2CCN(C(=O)CC)CC2)nc2sc3c(c2c1=O)CCCC3. The summed E-state index contributed by atoms with van der Waals surface area (Å²) < 4.78 is 1.88. The zero-order chi connectivity index (χ0) is 19.0. The van der Waals surface area contributed by atoms with Gasteiger partial charge in [-0.1, -0.05) is 13.8 Å². The summed E-state index contributed by atoms with van der Waals surface area (Å²) in [6, 6.07) is 0. The van der Waals surface area contributed by atoms with Gasteiger partial charge in [0.05, 0.1) is 5.39 Å². The van der Waals surface area contributed by atoms with Crippen LogP contribution < -0.4 is 10.5 Å². The predicted molar refractivity (Wildman–Crippen MR) is 110 cm³/mol. The van der Waals surface area contributed by atoms with Crippen LogP contribution >= 0.6 is 11.3 Å². The number of nitrogens with zero attached hydrogens (tertiary/aromatic N) is 4. The first-order chi connectivity index (χ1) is 13.1. The predicted octanol–water partition coefficient (Wildman–Crippen LogP) is 2.81. The Morgan fingerprint density at radius 3 is 2.56 bits per heavy atom. The molecule has 0 atom stereocenters. The van der Waals surface area contributed by atoms with Gasteiger partial charge in [-0.2, -0.15) is 0 Å². The molecular formula is C20H28N4O2S.